The third kappa shape index (κ3) is 3.15. The molecule has 2 heterocycles. The van der Waals surface area contributed by atoms with E-state index >= 15 is 0 Å². The van der Waals surface area contributed by atoms with Gasteiger partial charge in [0.2, 0.25) is 0 Å². The predicted octanol–water partition coefficient (Wildman–Crippen LogP) is 4.21. The van der Waals surface area contributed by atoms with Gasteiger partial charge in [-0.3, -0.25) is 9.48 Å². The Balaban J connectivity index is 1.84. The highest BCUT2D eigenvalue weighted by molar-refractivity contribution is 7.20. The lowest BCUT2D eigenvalue weighted by Crippen LogP contribution is -2.27. The number of aromatic nitrogens is 2. The van der Waals surface area contributed by atoms with Crippen molar-refractivity contribution in [1.29, 1.82) is 0 Å². The third-order valence-corrected chi connectivity index (χ3v) is 5.21. The van der Waals surface area contributed by atoms with Gasteiger partial charge in [0, 0.05) is 12.4 Å². The number of nitrogens with zero attached hydrogens (tertiary/aromatic N) is 2. The van der Waals surface area contributed by atoms with Crippen LogP contribution in [0.2, 0.25) is 0 Å². The number of carbonyl (C=O) groups excluding carboxylic acids is 1. The van der Waals surface area contributed by atoms with Gasteiger partial charge in [-0.1, -0.05) is 43.7 Å². The van der Waals surface area contributed by atoms with Crippen LogP contribution in [0.5, 0.6) is 0 Å². The van der Waals surface area contributed by atoms with Crippen LogP contribution in [0, 0.1) is 6.92 Å². The van der Waals surface area contributed by atoms with E-state index in [2.05, 4.69) is 29.5 Å². The number of fused-ring (bicyclic) bond motifs is 1. The summed E-state index contributed by atoms with van der Waals surface area (Å²) in [7, 11) is 1.91. The molecule has 120 valence electrons. The Morgan fingerprint density at radius 1 is 1.35 bits per heavy atom. The number of rotatable bonds is 5. The Kier molecular flexibility index (Phi) is 4.48. The summed E-state index contributed by atoms with van der Waals surface area (Å²) in [6, 6.07) is 12.2. The van der Waals surface area contributed by atoms with Gasteiger partial charge in [0.15, 0.2) is 0 Å². The molecule has 0 fully saturated rings. The lowest BCUT2D eigenvalue weighted by atomic mass is 10.0. The summed E-state index contributed by atoms with van der Waals surface area (Å²) < 4.78 is 1.84. The molecule has 0 radical (unpaired) electrons. The summed E-state index contributed by atoms with van der Waals surface area (Å²) in [6.45, 7) is 4.11. The highest BCUT2D eigenvalue weighted by Crippen LogP contribution is 2.28. The molecule has 0 aliphatic carbocycles. The molecule has 2 aromatic heterocycles. The van der Waals surface area contributed by atoms with Crippen molar-refractivity contribution in [2.24, 2.45) is 7.05 Å². The maximum absolute atomic E-state index is 12.7. The molecule has 0 aliphatic heterocycles. The molecule has 1 atom stereocenters. The Morgan fingerprint density at radius 3 is 2.74 bits per heavy atom. The molecular weight excluding hydrogens is 306 g/mol. The molecule has 0 aliphatic rings. The van der Waals surface area contributed by atoms with Gasteiger partial charge in [-0.15, -0.1) is 11.3 Å². The summed E-state index contributed by atoms with van der Waals surface area (Å²) in [5.74, 6) is -0.00657. The van der Waals surface area contributed by atoms with Crippen molar-refractivity contribution in [2.45, 2.75) is 32.7 Å². The quantitative estimate of drug-likeness (QED) is 0.763. The molecular formula is C18H21N3OS. The molecule has 5 heteroatoms. The van der Waals surface area contributed by atoms with Gasteiger partial charge in [-0.2, -0.15) is 5.10 Å². The zero-order chi connectivity index (χ0) is 16.4. The van der Waals surface area contributed by atoms with Crippen LogP contribution < -0.4 is 5.32 Å². The molecule has 23 heavy (non-hydrogen) atoms. The van der Waals surface area contributed by atoms with Gasteiger partial charge >= 0.3 is 0 Å². The first-order valence-electron chi connectivity index (χ1n) is 7.89. The second-order valence-corrected chi connectivity index (χ2v) is 6.79. The van der Waals surface area contributed by atoms with E-state index in [4.69, 9.17) is 0 Å². The molecule has 1 N–H and O–H groups in total. The van der Waals surface area contributed by atoms with Crippen LogP contribution >= 0.6 is 11.3 Å². The average Bonchev–Trinajstić information content (AvgIpc) is 3.10. The minimum atomic E-state index is -0.00657. The molecule has 0 spiro atoms. The molecule has 1 amide bonds. The number of hydrogen-bond acceptors (Lipinski definition) is 3. The van der Waals surface area contributed by atoms with E-state index in [1.807, 2.05) is 42.9 Å². The SMILES string of the molecule is CCC[C@@H](NC(=O)c1cc2c(C)nn(C)c2s1)c1ccccc1. The van der Waals surface area contributed by atoms with Gasteiger partial charge < -0.3 is 5.32 Å². The first-order valence-corrected chi connectivity index (χ1v) is 8.70. The highest BCUT2D eigenvalue weighted by Gasteiger charge is 2.18. The van der Waals surface area contributed by atoms with E-state index in [1.54, 1.807) is 0 Å². The number of hydrogen-bond donors (Lipinski definition) is 1. The molecule has 0 saturated heterocycles. The van der Waals surface area contributed by atoms with Crippen LogP contribution in [0.25, 0.3) is 10.2 Å². The van der Waals surface area contributed by atoms with Crippen LogP contribution in [-0.4, -0.2) is 15.7 Å². The Morgan fingerprint density at radius 2 is 2.09 bits per heavy atom. The number of thiophene rings is 1. The Labute approximate surface area is 140 Å². The van der Waals surface area contributed by atoms with Crippen molar-refractivity contribution >= 4 is 27.5 Å². The van der Waals surface area contributed by atoms with E-state index < -0.39 is 0 Å². The van der Waals surface area contributed by atoms with E-state index in [9.17, 15) is 4.79 Å². The fraction of sp³-hybridized carbons (Fsp3) is 0.333. The number of aryl methyl sites for hydroxylation is 2. The summed E-state index contributed by atoms with van der Waals surface area (Å²) >= 11 is 1.50. The molecule has 4 nitrogen and oxygen atoms in total. The average molecular weight is 327 g/mol. The van der Waals surface area contributed by atoms with E-state index in [-0.39, 0.29) is 11.9 Å². The smallest absolute Gasteiger partial charge is 0.261 e. The Bertz CT molecular complexity index is 785. The zero-order valence-electron chi connectivity index (χ0n) is 13.7. The van der Waals surface area contributed by atoms with Crippen molar-refractivity contribution in [3.05, 3.63) is 52.5 Å². The Hall–Kier alpha value is -2.14. The first-order chi connectivity index (χ1) is 11.1. The van der Waals surface area contributed by atoms with Crippen molar-refractivity contribution < 1.29 is 4.79 Å². The molecule has 3 aromatic rings. The van der Waals surface area contributed by atoms with Gasteiger partial charge in [-0.25, -0.2) is 0 Å². The maximum Gasteiger partial charge on any atom is 0.261 e. The fourth-order valence-corrected chi connectivity index (χ4v) is 3.87. The zero-order valence-corrected chi connectivity index (χ0v) is 14.5. The summed E-state index contributed by atoms with van der Waals surface area (Å²) in [5, 5.41) is 8.63. The van der Waals surface area contributed by atoms with Crippen LogP contribution in [0.1, 0.15) is 46.7 Å². The summed E-state index contributed by atoms with van der Waals surface area (Å²) in [4.78, 5) is 14.4. The van der Waals surface area contributed by atoms with Crippen LogP contribution in [0.3, 0.4) is 0 Å². The standard InChI is InChI=1S/C18H21N3OS/c1-4-8-15(13-9-6-5-7-10-13)19-17(22)16-11-14-12(2)20-21(3)18(14)23-16/h5-7,9-11,15H,4,8H2,1-3H3,(H,19,22)/t15-/m1/s1. The normalized spacial score (nSPS) is 12.5. The molecule has 3 rings (SSSR count). The van der Waals surface area contributed by atoms with Crippen LogP contribution in [0.4, 0.5) is 0 Å². The second-order valence-electron chi connectivity index (χ2n) is 5.76. The number of benzene rings is 1. The molecule has 0 bridgehead atoms. The summed E-state index contributed by atoms with van der Waals surface area (Å²) in [5.41, 5.74) is 2.12. The number of nitrogens with one attached hydrogen (secondary N) is 1. The topological polar surface area (TPSA) is 46.9 Å². The van der Waals surface area contributed by atoms with Gasteiger partial charge in [0.05, 0.1) is 16.6 Å². The van der Waals surface area contributed by atoms with Gasteiger partial charge in [0.1, 0.15) is 4.83 Å². The largest absolute Gasteiger partial charge is 0.345 e. The van der Waals surface area contributed by atoms with Crippen LogP contribution in [0.15, 0.2) is 36.4 Å². The monoisotopic (exact) mass is 327 g/mol. The van der Waals surface area contributed by atoms with Gasteiger partial charge in [0.25, 0.3) is 5.91 Å². The van der Waals surface area contributed by atoms with Gasteiger partial charge in [-0.05, 0) is 25.0 Å². The van der Waals surface area contributed by atoms with E-state index in [0.717, 1.165) is 39.2 Å². The lowest BCUT2D eigenvalue weighted by Gasteiger charge is -2.18. The first kappa shape index (κ1) is 15.7. The highest BCUT2D eigenvalue weighted by atomic mass is 32.1. The minimum Gasteiger partial charge on any atom is -0.345 e. The van der Waals surface area contributed by atoms with E-state index in [1.165, 1.54) is 11.3 Å². The number of amides is 1. The number of carbonyl (C=O) groups is 1. The second kappa shape index (κ2) is 6.54. The van der Waals surface area contributed by atoms with Crippen molar-refractivity contribution in [3.8, 4) is 0 Å². The molecule has 0 saturated carbocycles. The summed E-state index contributed by atoms with van der Waals surface area (Å²) in [6.07, 6.45) is 1.95. The maximum atomic E-state index is 12.7. The molecule has 0 unspecified atom stereocenters. The van der Waals surface area contributed by atoms with Crippen molar-refractivity contribution in [1.82, 2.24) is 15.1 Å². The van der Waals surface area contributed by atoms with Crippen LogP contribution in [-0.2, 0) is 7.05 Å². The van der Waals surface area contributed by atoms with E-state index in [0.29, 0.717) is 0 Å². The predicted molar refractivity (Wildman–Crippen MR) is 94.9 cm³/mol. The third-order valence-electron chi connectivity index (χ3n) is 4.00. The van der Waals surface area contributed by atoms with Crippen molar-refractivity contribution in [3.63, 3.8) is 0 Å². The minimum absolute atomic E-state index is 0.00657. The fourth-order valence-electron chi connectivity index (χ4n) is 2.84. The molecule has 1 aromatic carbocycles. The lowest BCUT2D eigenvalue weighted by molar-refractivity contribution is 0.0938. The van der Waals surface area contributed by atoms with Crippen molar-refractivity contribution in [2.75, 3.05) is 0 Å².